The van der Waals surface area contributed by atoms with Gasteiger partial charge in [0.2, 0.25) is 0 Å². The van der Waals surface area contributed by atoms with Gasteiger partial charge in [0.15, 0.2) is 5.82 Å². The smallest absolute Gasteiger partial charge is 0.319 e. The van der Waals surface area contributed by atoms with Crippen LogP contribution < -0.4 is 25.8 Å². The number of pyridine rings is 1. The van der Waals surface area contributed by atoms with Crippen molar-refractivity contribution in [2.75, 3.05) is 49.2 Å². The molecule has 2 saturated heterocycles. The predicted molar refractivity (Wildman–Crippen MR) is 188 cm³/mol. The summed E-state index contributed by atoms with van der Waals surface area (Å²) in [4.78, 5) is 17.9. The third kappa shape index (κ3) is 4.82. The summed E-state index contributed by atoms with van der Waals surface area (Å²) in [6, 6.07) is 7.90. The fourth-order valence-electron chi connectivity index (χ4n) is 8.00. The minimum atomic E-state index is -0.962. The quantitative estimate of drug-likeness (QED) is 0.187. The molecule has 0 saturated carbocycles. The number of aromatic nitrogens is 3. The largest absolute Gasteiger partial charge is 0.490 e. The topological polar surface area (TPSA) is 139 Å². The van der Waals surface area contributed by atoms with Crippen molar-refractivity contribution in [2.45, 2.75) is 43.9 Å². The van der Waals surface area contributed by atoms with Gasteiger partial charge in [0, 0.05) is 41.2 Å². The number of alkyl halides is 1. The molecule has 6 heterocycles. The molecular formula is C36H33F3N8O2S. The number of hydrogen-bond acceptors (Lipinski definition) is 11. The molecule has 14 heteroatoms. The van der Waals surface area contributed by atoms with Crippen LogP contribution in [-0.4, -0.2) is 64.4 Å². The average Bonchev–Trinajstić information content (AvgIpc) is 3.71. The maximum Gasteiger partial charge on any atom is 0.319 e. The van der Waals surface area contributed by atoms with Gasteiger partial charge in [-0.3, -0.25) is 4.90 Å². The van der Waals surface area contributed by atoms with Crippen molar-refractivity contribution < 1.29 is 22.6 Å². The molecule has 3 aliphatic heterocycles. The Morgan fingerprint density at radius 3 is 2.86 bits per heavy atom. The van der Waals surface area contributed by atoms with Crippen LogP contribution in [0, 0.1) is 23.0 Å². The maximum absolute atomic E-state index is 17.5. The Morgan fingerprint density at radius 1 is 1.24 bits per heavy atom. The molecule has 3 atom stereocenters. The van der Waals surface area contributed by atoms with E-state index in [1.165, 1.54) is 18.2 Å². The molecule has 2 aromatic carbocycles. The highest BCUT2D eigenvalue weighted by Crippen LogP contribution is 2.50. The summed E-state index contributed by atoms with van der Waals surface area (Å²) in [6.07, 6.45) is 4.14. The summed E-state index contributed by atoms with van der Waals surface area (Å²) in [5, 5.41) is 10.6. The number of ether oxygens (including phenoxy) is 2. The third-order valence-electron chi connectivity index (χ3n) is 10.3. The van der Waals surface area contributed by atoms with Gasteiger partial charge in [-0.1, -0.05) is 24.8 Å². The second-order valence-corrected chi connectivity index (χ2v) is 14.1. The summed E-state index contributed by atoms with van der Waals surface area (Å²) in [7, 11) is 0. The zero-order chi connectivity index (χ0) is 34.9. The minimum Gasteiger partial charge on any atom is -0.490 e. The molecule has 0 unspecified atom stereocenters. The van der Waals surface area contributed by atoms with Crippen LogP contribution in [0.15, 0.2) is 37.0 Å². The van der Waals surface area contributed by atoms with E-state index in [4.69, 9.17) is 25.9 Å². The van der Waals surface area contributed by atoms with E-state index in [0.717, 1.165) is 36.3 Å². The first-order valence-electron chi connectivity index (χ1n) is 16.4. The van der Waals surface area contributed by atoms with Crippen LogP contribution in [0.2, 0.25) is 0 Å². The summed E-state index contributed by atoms with van der Waals surface area (Å²) >= 11 is 0.922. The molecule has 5 aromatic rings. The molecule has 0 aliphatic carbocycles. The van der Waals surface area contributed by atoms with Crippen LogP contribution in [-0.2, 0) is 0 Å². The zero-order valence-corrected chi connectivity index (χ0v) is 28.0. The number of nitrogens with zero attached hydrogens (tertiary/aromatic N) is 6. The third-order valence-corrected chi connectivity index (χ3v) is 11.3. The van der Waals surface area contributed by atoms with Gasteiger partial charge in [0.05, 0.1) is 33.8 Å². The van der Waals surface area contributed by atoms with Crippen LogP contribution in [0.5, 0.6) is 11.8 Å². The van der Waals surface area contributed by atoms with Crippen molar-refractivity contribution in [1.82, 2.24) is 19.9 Å². The van der Waals surface area contributed by atoms with Crippen molar-refractivity contribution in [2.24, 2.45) is 0 Å². The highest BCUT2D eigenvalue weighted by atomic mass is 32.1. The summed E-state index contributed by atoms with van der Waals surface area (Å²) < 4.78 is 60.0. The van der Waals surface area contributed by atoms with E-state index in [0.29, 0.717) is 31.1 Å². The standard InChI is InChI=1S/C36H33F3N8O2S/c1-3-20-25(22-7-8-24(38)31-26(22)23(15-40)33(42)50-31)28(39)29-27-30(20)48-13-12-47(18(2)21-6-4-10-43-32(21)41)34(27)45-35(44-29)49-17-36-9-5-11-46(36)16-19(37)14-36/h3-4,6-8,10,18-19H,1,5,9,11-14,16-17,42H2,2H3,(H2,41,43)/t18-,19-,36+/m1/s1. The average molecular weight is 699 g/mol. The zero-order valence-electron chi connectivity index (χ0n) is 27.2. The molecule has 0 radical (unpaired) electrons. The van der Waals surface area contributed by atoms with Gasteiger partial charge in [-0.2, -0.15) is 15.2 Å². The van der Waals surface area contributed by atoms with E-state index in [9.17, 15) is 9.65 Å². The fraction of sp³-hybridized carbons (Fsp3) is 0.333. The van der Waals surface area contributed by atoms with Gasteiger partial charge in [-0.25, -0.2) is 18.2 Å². The van der Waals surface area contributed by atoms with E-state index >= 15 is 8.78 Å². The number of hydrogen-bond donors (Lipinski definition) is 2. The summed E-state index contributed by atoms with van der Waals surface area (Å²) in [5.41, 5.74) is 13.2. The van der Waals surface area contributed by atoms with E-state index in [1.54, 1.807) is 12.3 Å². The number of rotatable bonds is 7. The Bertz CT molecular complexity index is 2260. The Balaban J connectivity index is 1.38. The number of nitriles is 1. The van der Waals surface area contributed by atoms with E-state index in [2.05, 4.69) is 27.5 Å². The van der Waals surface area contributed by atoms with E-state index in [-0.39, 0.29) is 79.3 Å². The number of anilines is 3. The Morgan fingerprint density at radius 2 is 2.08 bits per heavy atom. The van der Waals surface area contributed by atoms with Crippen LogP contribution in [0.1, 0.15) is 48.9 Å². The van der Waals surface area contributed by atoms with Crippen LogP contribution in [0.4, 0.5) is 29.8 Å². The number of thiophene rings is 1. The first-order valence-corrected chi connectivity index (χ1v) is 17.2. The van der Waals surface area contributed by atoms with Gasteiger partial charge in [0.25, 0.3) is 0 Å². The molecule has 8 rings (SSSR count). The Hall–Kier alpha value is -5.13. The molecule has 2 fully saturated rings. The van der Waals surface area contributed by atoms with E-state index < -0.39 is 23.3 Å². The Labute approximate surface area is 289 Å². The molecule has 3 aromatic heterocycles. The van der Waals surface area contributed by atoms with Gasteiger partial charge in [0.1, 0.15) is 59.2 Å². The number of nitrogens with two attached hydrogens (primary N) is 2. The van der Waals surface area contributed by atoms with Crippen molar-refractivity contribution in [3.8, 4) is 29.0 Å². The lowest BCUT2D eigenvalue weighted by Crippen LogP contribution is -2.43. The lowest BCUT2D eigenvalue weighted by Gasteiger charge is -2.32. The second-order valence-electron chi connectivity index (χ2n) is 13.0. The summed E-state index contributed by atoms with van der Waals surface area (Å²) in [5.74, 6) is -0.388. The number of fused-ring (bicyclic) bond motifs is 2. The first kappa shape index (κ1) is 32.1. The maximum atomic E-state index is 17.5. The highest BCUT2D eigenvalue weighted by molar-refractivity contribution is 7.23. The predicted octanol–water partition coefficient (Wildman–Crippen LogP) is 6.78. The monoisotopic (exact) mass is 698 g/mol. The molecule has 50 heavy (non-hydrogen) atoms. The van der Waals surface area contributed by atoms with Gasteiger partial charge < -0.3 is 25.8 Å². The normalized spacial score (nSPS) is 20.8. The lowest BCUT2D eigenvalue weighted by atomic mass is 9.92. The first-order chi connectivity index (χ1) is 24.2. The van der Waals surface area contributed by atoms with Crippen LogP contribution >= 0.6 is 11.3 Å². The van der Waals surface area contributed by atoms with Crippen LogP contribution in [0.3, 0.4) is 0 Å². The van der Waals surface area contributed by atoms with Crippen molar-refractivity contribution in [3.05, 3.63) is 65.4 Å². The molecule has 0 bridgehead atoms. The molecule has 0 spiro atoms. The molecule has 3 aliphatic rings. The van der Waals surface area contributed by atoms with Crippen molar-refractivity contribution in [1.29, 1.82) is 5.26 Å². The highest BCUT2D eigenvalue weighted by Gasteiger charge is 2.49. The molecule has 0 amide bonds. The van der Waals surface area contributed by atoms with Crippen molar-refractivity contribution in [3.63, 3.8) is 0 Å². The summed E-state index contributed by atoms with van der Waals surface area (Å²) in [6.45, 7) is 7.69. The molecule has 256 valence electrons. The minimum absolute atomic E-state index is 0.0204. The number of benzene rings is 2. The molecule has 10 nitrogen and oxygen atoms in total. The van der Waals surface area contributed by atoms with Crippen molar-refractivity contribution >= 4 is 55.0 Å². The molecular weight excluding hydrogens is 666 g/mol. The van der Waals surface area contributed by atoms with Gasteiger partial charge in [-0.15, -0.1) is 11.3 Å². The van der Waals surface area contributed by atoms with Gasteiger partial charge >= 0.3 is 6.01 Å². The van der Waals surface area contributed by atoms with Crippen LogP contribution in [0.25, 0.3) is 38.2 Å². The number of nitrogen functional groups attached to an aromatic ring is 2. The SMILES string of the molecule is C=Cc1c(-c2ccc(F)c3sc(N)c(C#N)c23)c(F)c2nc(OC[C@@]34CCCN3C[C@H](F)C4)nc3c2c1OCCN3[C@H](C)c1cccnc1N. The number of halogens is 3. The van der Waals surface area contributed by atoms with E-state index in [1.807, 2.05) is 17.9 Å². The lowest BCUT2D eigenvalue weighted by molar-refractivity contribution is 0.107. The fourth-order valence-corrected chi connectivity index (χ4v) is 8.95. The molecule has 4 N–H and O–H groups in total. The second kappa shape index (κ2) is 12.0. The van der Waals surface area contributed by atoms with Gasteiger partial charge in [-0.05, 0) is 44.0 Å². The Kier molecular flexibility index (Phi) is 7.72.